The van der Waals surface area contributed by atoms with E-state index >= 15 is 0 Å². The minimum absolute atomic E-state index is 0.0915. The highest BCUT2D eigenvalue weighted by Gasteiger charge is 2.13. The van der Waals surface area contributed by atoms with E-state index in [0.717, 1.165) is 11.3 Å². The van der Waals surface area contributed by atoms with Crippen LogP contribution in [0.4, 0.5) is 4.39 Å². The van der Waals surface area contributed by atoms with Gasteiger partial charge in [-0.2, -0.15) is 5.10 Å². The minimum Gasteiger partial charge on any atom is -0.494 e. The van der Waals surface area contributed by atoms with Crippen molar-refractivity contribution in [2.75, 3.05) is 7.11 Å². The van der Waals surface area contributed by atoms with E-state index in [9.17, 15) is 9.18 Å². The predicted molar refractivity (Wildman–Crippen MR) is 101 cm³/mol. The Kier molecular flexibility index (Phi) is 5.86. The van der Waals surface area contributed by atoms with Crippen LogP contribution in [0.1, 0.15) is 30.5 Å². The Balaban J connectivity index is 1.54. The number of aryl methyl sites for hydroxylation is 1. The first-order valence-corrected chi connectivity index (χ1v) is 8.78. The normalized spacial score (nSPS) is 11.8. The summed E-state index contributed by atoms with van der Waals surface area (Å²) in [5.74, 6) is -0.344. The molecule has 0 radical (unpaired) electrons. The van der Waals surface area contributed by atoms with Gasteiger partial charge in [0.05, 0.1) is 25.0 Å². The lowest BCUT2D eigenvalue weighted by Crippen LogP contribution is -2.26. The number of carbonyl (C=O) groups excluding carboxylic acids is 1. The molecule has 1 N–H and O–H groups in total. The molecular formula is C21H22FN3O2. The van der Waals surface area contributed by atoms with Crippen molar-refractivity contribution < 1.29 is 13.9 Å². The number of nitrogens with one attached hydrogen (secondary N) is 1. The number of hydrogen-bond acceptors (Lipinski definition) is 3. The number of hydrogen-bond donors (Lipinski definition) is 1. The van der Waals surface area contributed by atoms with Gasteiger partial charge < -0.3 is 10.1 Å². The Bertz CT molecular complexity index is 909. The van der Waals surface area contributed by atoms with Crippen molar-refractivity contribution in [2.24, 2.45) is 0 Å². The highest BCUT2D eigenvalue weighted by atomic mass is 19.1. The van der Waals surface area contributed by atoms with Crippen LogP contribution in [0.5, 0.6) is 5.75 Å². The Labute approximate surface area is 157 Å². The third kappa shape index (κ3) is 4.73. The zero-order valence-corrected chi connectivity index (χ0v) is 15.4. The largest absolute Gasteiger partial charge is 0.494 e. The summed E-state index contributed by atoms with van der Waals surface area (Å²) >= 11 is 0. The summed E-state index contributed by atoms with van der Waals surface area (Å²) in [4.78, 5) is 12.2. The molecule has 5 nitrogen and oxygen atoms in total. The molecule has 0 bridgehead atoms. The Hall–Kier alpha value is -3.15. The van der Waals surface area contributed by atoms with Crippen molar-refractivity contribution in [3.05, 3.63) is 77.9 Å². The highest BCUT2D eigenvalue weighted by molar-refractivity contribution is 5.76. The number of ether oxygens (including phenoxy) is 1. The van der Waals surface area contributed by atoms with Crippen LogP contribution in [0.2, 0.25) is 0 Å². The van der Waals surface area contributed by atoms with E-state index in [0.29, 0.717) is 18.4 Å². The Morgan fingerprint density at radius 1 is 1.26 bits per heavy atom. The molecule has 1 unspecified atom stereocenters. The lowest BCUT2D eigenvalue weighted by atomic mass is 10.1. The molecule has 0 saturated heterocycles. The van der Waals surface area contributed by atoms with Crippen LogP contribution in [0.15, 0.2) is 60.9 Å². The van der Waals surface area contributed by atoms with E-state index in [-0.39, 0.29) is 17.7 Å². The predicted octanol–water partition coefficient (Wildman–Crippen LogP) is 3.83. The maximum absolute atomic E-state index is 13.8. The second kappa shape index (κ2) is 8.49. The first kappa shape index (κ1) is 18.6. The molecule has 27 heavy (non-hydrogen) atoms. The lowest BCUT2D eigenvalue weighted by molar-refractivity contribution is -0.121. The summed E-state index contributed by atoms with van der Waals surface area (Å²) < 4.78 is 20.5. The first-order valence-electron chi connectivity index (χ1n) is 8.78. The van der Waals surface area contributed by atoms with E-state index in [1.807, 2.05) is 43.5 Å². The fraction of sp³-hybridized carbons (Fsp3) is 0.238. The molecule has 0 aliphatic rings. The zero-order chi connectivity index (χ0) is 19.2. The second-order valence-corrected chi connectivity index (χ2v) is 6.31. The number of carbonyl (C=O) groups is 1. The zero-order valence-electron chi connectivity index (χ0n) is 15.4. The first-order chi connectivity index (χ1) is 13.1. The minimum atomic E-state index is -0.440. The molecule has 0 fully saturated rings. The van der Waals surface area contributed by atoms with Gasteiger partial charge >= 0.3 is 0 Å². The van der Waals surface area contributed by atoms with Crippen LogP contribution in [-0.2, 0) is 11.2 Å². The fourth-order valence-electron chi connectivity index (χ4n) is 2.82. The summed E-state index contributed by atoms with van der Waals surface area (Å²) in [5.41, 5.74) is 2.65. The molecule has 0 spiro atoms. The molecule has 2 aromatic carbocycles. The molecule has 1 aromatic heterocycles. The number of halogens is 1. The third-order valence-electron chi connectivity index (χ3n) is 4.35. The van der Waals surface area contributed by atoms with E-state index in [1.165, 1.54) is 13.2 Å². The maximum atomic E-state index is 13.8. The van der Waals surface area contributed by atoms with E-state index in [2.05, 4.69) is 10.4 Å². The quantitative estimate of drug-likeness (QED) is 0.690. The van der Waals surface area contributed by atoms with E-state index in [1.54, 1.807) is 23.0 Å². The number of amides is 1. The average molecular weight is 367 g/mol. The SMILES string of the molecule is COc1ccc(C(C)NC(=O)CCc2cnn(-c3ccccc3)c2)cc1F. The lowest BCUT2D eigenvalue weighted by Gasteiger charge is -2.15. The molecule has 0 aliphatic carbocycles. The van der Waals surface area contributed by atoms with Crippen molar-refractivity contribution in [1.82, 2.24) is 15.1 Å². The van der Waals surface area contributed by atoms with Crippen LogP contribution in [0.3, 0.4) is 0 Å². The summed E-state index contributed by atoms with van der Waals surface area (Å²) in [5, 5.41) is 7.23. The van der Waals surface area contributed by atoms with Crippen molar-refractivity contribution in [2.45, 2.75) is 25.8 Å². The average Bonchev–Trinajstić information content (AvgIpc) is 3.16. The van der Waals surface area contributed by atoms with Crippen LogP contribution >= 0.6 is 0 Å². The van der Waals surface area contributed by atoms with Crippen LogP contribution < -0.4 is 10.1 Å². The maximum Gasteiger partial charge on any atom is 0.220 e. The third-order valence-corrected chi connectivity index (χ3v) is 4.35. The molecule has 6 heteroatoms. The molecular weight excluding hydrogens is 345 g/mol. The van der Waals surface area contributed by atoms with Crippen LogP contribution in [0, 0.1) is 5.82 Å². The van der Waals surface area contributed by atoms with Gasteiger partial charge in [0.25, 0.3) is 0 Å². The van der Waals surface area contributed by atoms with Crippen LogP contribution in [0.25, 0.3) is 5.69 Å². The van der Waals surface area contributed by atoms with Gasteiger partial charge in [-0.25, -0.2) is 9.07 Å². The van der Waals surface area contributed by atoms with Gasteiger partial charge in [0.15, 0.2) is 11.6 Å². The molecule has 1 atom stereocenters. The van der Waals surface area contributed by atoms with E-state index < -0.39 is 5.82 Å². The number of rotatable bonds is 7. The van der Waals surface area contributed by atoms with Gasteiger partial charge in [0.2, 0.25) is 5.91 Å². The second-order valence-electron chi connectivity index (χ2n) is 6.31. The van der Waals surface area contributed by atoms with Gasteiger partial charge in [-0.05, 0) is 48.7 Å². The number of methoxy groups -OCH3 is 1. The van der Waals surface area contributed by atoms with Gasteiger partial charge in [-0.3, -0.25) is 4.79 Å². The smallest absolute Gasteiger partial charge is 0.220 e. The summed E-state index contributed by atoms with van der Waals surface area (Å²) in [6.07, 6.45) is 4.61. The highest BCUT2D eigenvalue weighted by Crippen LogP contribution is 2.21. The monoisotopic (exact) mass is 367 g/mol. The molecule has 3 rings (SSSR count). The summed E-state index contributed by atoms with van der Waals surface area (Å²) in [6.45, 7) is 1.83. The van der Waals surface area contributed by atoms with Gasteiger partial charge in [-0.15, -0.1) is 0 Å². The number of para-hydroxylation sites is 1. The number of benzene rings is 2. The Morgan fingerprint density at radius 2 is 2.04 bits per heavy atom. The summed E-state index contributed by atoms with van der Waals surface area (Å²) in [7, 11) is 1.42. The van der Waals surface area contributed by atoms with Crippen molar-refractivity contribution >= 4 is 5.91 Å². The molecule has 140 valence electrons. The Morgan fingerprint density at radius 3 is 2.74 bits per heavy atom. The number of nitrogens with zero attached hydrogens (tertiary/aromatic N) is 2. The standard InChI is InChI=1S/C21H22FN3O2/c1-15(17-9-10-20(27-2)19(22)12-17)24-21(26)11-8-16-13-23-25(14-16)18-6-4-3-5-7-18/h3-7,9-10,12-15H,8,11H2,1-2H3,(H,24,26). The molecule has 0 aliphatic heterocycles. The number of aromatic nitrogens is 2. The van der Waals surface area contributed by atoms with Crippen molar-refractivity contribution in [3.8, 4) is 11.4 Å². The van der Waals surface area contributed by atoms with E-state index in [4.69, 9.17) is 4.74 Å². The molecule has 1 heterocycles. The molecule has 0 saturated carbocycles. The molecule has 3 aromatic rings. The van der Waals surface area contributed by atoms with Gasteiger partial charge in [0.1, 0.15) is 0 Å². The topological polar surface area (TPSA) is 56.1 Å². The van der Waals surface area contributed by atoms with Gasteiger partial charge in [-0.1, -0.05) is 24.3 Å². The van der Waals surface area contributed by atoms with Gasteiger partial charge in [0, 0.05) is 12.6 Å². The summed E-state index contributed by atoms with van der Waals surface area (Å²) in [6, 6.07) is 14.2. The fourth-order valence-corrected chi connectivity index (χ4v) is 2.82. The van der Waals surface area contributed by atoms with Crippen LogP contribution in [-0.4, -0.2) is 22.8 Å². The van der Waals surface area contributed by atoms with Crippen molar-refractivity contribution in [3.63, 3.8) is 0 Å². The molecule has 1 amide bonds. The van der Waals surface area contributed by atoms with Crippen molar-refractivity contribution in [1.29, 1.82) is 0 Å².